The predicted octanol–water partition coefficient (Wildman–Crippen LogP) is 5.57. The van der Waals surface area contributed by atoms with E-state index in [9.17, 15) is 0 Å². The van der Waals surface area contributed by atoms with E-state index < -0.39 is 0 Å². The van der Waals surface area contributed by atoms with Crippen molar-refractivity contribution in [1.82, 2.24) is 19.5 Å². The summed E-state index contributed by atoms with van der Waals surface area (Å²) in [6.45, 7) is 0.759. The van der Waals surface area contributed by atoms with Crippen LogP contribution >= 0.6 is 0 Å². The van der Waals surface area contributed by atoms with Crippen molar-refractivity contribution in [2.75, 3.05) is 0 Å². The summed E-state index contributed by atoms with van der Waals surface area (Å²) in [6, 6.07) is 19.1. The molecule has 0 unspecified atom stereocenters. The molecule has 0 radical (unpaired) electrons. The van der Waals surface area contributed by atoms with Gasteiger partial charge in [-0.15, -0.1) is 0 Å². The lowest BCUT2D eigenvalue weighted by atomic mass is 10.0. The van der Waals surface area contributed by atoms with Gasteiger partial charge in [0.1, 0.15) is 5.65 Å². The zero-order valence-electron chi connectivity index (χ0n) is 16.0. The Balaban J connectivity index is 1.46. The number of hydrogen-bond acceptors (Lipinski definition) is 3. The van der Waals surface area contributed by atoms with Crippen LogP contribution < -0.4 is 0 Å². The average Bonchev–Trinajstić information content (AvgIpc) is 3.57. The summed E-state index contributed by atoms with van der Waals surface area (Å²) in [5, 5.41) is 3.62. The second-order valence-electron chi connectivity index (χ2n) is 7.80. The zero-order chi connectivity index (χ0) is 19.2. The lowest BCUT2D eigenvalue weighted by molar-refractivity contribution is 0.831. The van der Waals surface area contributed by atoms with Crippen LogP contribution in [0.2, 0.25) is 0 Å². The van der Waals surface area contributed by atoms with E-state index in [0.29, 0.717) is 5.92 Å². The van der Waals surface area contributed by atoms with E-state index >= 15 is 0 Å². The van der Waals surface area contributed by atoms with Gasteiger partial charge in [0, 0.05) is 42.3 Å². The third kappa shape index (κ3) is 2.88. The highest BCUT2D eigenvalue weighted by molar-refractivity contribution is 5.92. The number of hydrogen-bond donors (Lipinski definition) is 0. The van der Waals surface area contributed by atoms with Gasteiger partial charge in [0.25, 0.3) is 0 Å². The normalized spacial score (nSPS) is 13.9. The van der Waals surface area contributed by atoms with Gasteiger partial charge in [-0.25, -0.2) is 15.0 Å². The van der Waals surface area contributed by atoms with Crippen molar-refractivity contribution in [3.8, 4) is 11.4 Å². The minimum Gasteiger partial charge on any atom is -0.327 e. The summed E-state index contributed by atoms with van der Waals surface area (Å²) < 4.78 is 2.21. The van der Waals surface area contributed by atoms with E-state index in [0.717, 1.165) is 29.0 Å². The van der Waals surface area contributed by atoms with Gasteiger partial charge in [-0.05, 0) is 52.8 Å². The Morgan fingerprint density at radius 3 is 2.48 bits per heavy atom. The molecule has 0 atom stereocenters. The first-order valence-electron chi connectivity index (χ1n) is 10.1. The van der Waals surface area contributed by atoms with Crippen molar-refractivity contribution >= 4 is 21.8 Å². The minimum absolute atomic E-state index is 0.665. The molecule has 4 heteroatoms. The molecule has 0 bridgehead atoms. The van der Waals surface area contributed by atoms with Crippen molar-refractivity contribution < 1.29 is 0 Å². The Morgan fingerprint density at radius 1 is 0.828 bits per heavy atom. The molecule has 4 nitrogen and oxygen atoms in total. The lowest BCUT2D eigenvalue weighted by Crippen LogP contribution is -1.99. The van der Waals surface area contributed by atoms with Gasteiger partial charge in [-0.1, -0.05) is 42.5 Å². The smallest absolute Gasteiger partial charge is 0.161 e. The molecule has 0 spiro atoms. The van der Waals surface area contributed by atoms with Crippen LogP contribution in [-0.2, 0) is 6.54 Å². The number of benzene rings is 2. The van der Waals surface area contributed by atoms with Crippen LogP contribution in [0.1, 0.15) is 29.9 Å². The molecule has 0 saturated heterocycles. The zero-order valence-corrected chi connectivity index (χ0v) is 16.0. The Labute approximate surface area is 168 Å². The first-order valence-corrected chi connectivity index (χ1v) is 10.1. The van der Waals surface area contributed by atoms with Crippen molar-refractivity contribution in [1.29, 1.82) is 0 Å². The van der Waals surface area contributed by atoms with Crippen LogP contribution in [0, 0.1) is 0 Å². The molecule has 5 aromatic rings. The molecule has 1 fully saturated rings. The Kier molecular flexibility index (Phi) is 3.69. The van der Waals surface area contributed by atoms with Crippen LogP contribution in [0.15, 0.2) is 79.4 Å². The highest BCUT2D eigenvalue weighted by Gasteiger charge is 2.24. The molecule has 1 saturated carbocycles. The quantitative estimate of drug-likeness (QED) is 0.412. The number of nitrogens with zero attached hydrogens (tertiary/aromatic N) is 4. The third-order valence-electron chi connectivity index (χ3n) is 5.82. The number of aromatic nitrogens is 4. The molecular formula is C25H20N4. The van der Waals surface area contributed by atoms with Crippen LogP contribution in [0.3, 0.4) is 0 Å². The van der Waals surface area contributed by atoms with Crippen LogP contribution in [0.5, 0.6) is 0 Å². The topological polar surface area (TPSA) is 43.6 Å². The summed E-state index contributed by atoms with van der Waals surface area (Å²) in [6.07, 6.45) is 10.5. The average molecular weight is 376 g/mol. The van der Waals surface area contributed by atoms with Crippen molar-refractivity contribution in [3.05, 3.63) is 90.5 Å². The Hall–Kier alpha value is -3.53. The first kappa shape index (κ1) is 16.4. The summed E-state index contributed by atoms with van der Waals surface area (Å²) in [5.41, 5.74) is 4.54. The molecule has 1 aliphatic carbocycles. The molecule has 0 amide bonds. The van der Waals surface area contributed by atoms with Gasteiger partial charge < -0.3 is 4.57 Å². The minimum atomic E-state index is 0.665. The first-order chi connectivity index (χ1) is 14.4. The molecule has 140 valence electrons. The SMILES string of the molecule is c1ccc2c(Cn3cc(-c4ncc(C5CC5)cn4)c4cccnc43)cccc2c1. The van der Waals surface area contributed by atoms with E-state index in [1.165, 1.54) is 34.7 Å². The highest BCUT2D eigenvalue weighted by atomic mass is 15.0. The standard InChI is InChI=1S/C25H20N4/c1-2-8-21-18(5-1)6-3-7-19(21)15-29-16-23(22-9-4-12-26-25(22)29)24-27-13-20(14-28-24)17-10-11-17/h1-9,12-14,16-17H,10-11,15H2. The van der Waals surface area contributed by atoms with Gasteiger partial charge in [-0.3, -0.25) is 0 Å². The van der Waals surface area contributed by atoms with Crippen molar-refractivity contribution in [2.24, 2.45) is 0 Å². The van der Waals surface area contributed by atoms with Gasteiger partial charge in [-0.2, -0.15) is 0 Å². The van der Waals surface area contributed by atoms with E-state index in [-0.39, 0.29) is 0 Å². The number of pyridine rings is 1. The van der Waals surface area contributed by atoms with E-state index in [1.54, 1.807) is 0 Å². The summed E-state index contributed by atoms with van der Waals surface area (Å²) >= 11 is 0. The molecule has 29 heavy (non-hydrogen) atoms. The summed E-state index contributed by atoms with van der Waals surface area (Å²) in [4.78, 5) is 14.0. The molecule has 1 aliphatic rings. The molecule has 0 N–H and O–H groups in total. The molecule has 2 aromatic carbocycles. The second kappa shape index (κ2) is 6.52. The van der Waals surface area contributed by atoms with Gasteiger partial charge in [0.05, 0.1) is 0 Å². The maximum absolute atomic E-state index is 4.68. The maximum Gasteiger partial charge on any atom is 0.161 e. The van der Waals surface area contributed by atoms with Crippen LogP contribution in [-0.4, -0.2) is 19.5 Å². The molecule has 3 heterocycles. The van der Waals surface area contributed by atoms with E-state index in [1.807, 2.05) is 24.7 Å². The van der Waals surface area contributed by atoms with E-state index in [4.69, 9.17) is 0 Å². The third-order valence-corrected chi connectivity index (χ3v) is 5.82. The maximum atomic E-state index is 4.68. The van der Waals surface area contributed by atoms with Crippen molar-refractivity contribution in [2.45, 2.75) is 25.3 Å². The number of fused-ring (bicyclic) bond motifs is 2. The van der Waals surface area contributed by atoms with E-state index in [2.05, 4.69) is 74.2 Å². The van der Waals surface area contributed by atoms with Gasteiger partial charge in [0.15, 0.2) is 5.82 Å². The molecule has 6 rings (SSSR count). The highest BCUT2D eigenvalue weighted by Crippen LogP contribution is 2.39. The van der Waals surface area contributed by atoms with Crippen LogP contribution in [0.4, 0.5) is 0 Å². The van der Waals surface area contributed by atoms with Gasteiger partial charge >= 0.3 is 0 Å². The summed E-state index contributed by atoms with van der Waals surface area (Å²) in [7, 11) is 0. The lowest BCUT2D eigenvalue weighted by Gasteiger charge is -2.08. The number of rotatable bonds is 4. The summed E-state index contributed by atoms with van der Waals surface area (Å²) in [5.74, 6) is 1.43. The van der Waals surface area contributed by atoms with Crippen LogP contribution in [0.25, 0.3) is 33.2 Å². The fourth-order valence-corrected chi connectivity index (χ4v) is 4.14. The largest absolute Gasteiger partial charge is 0.327 e. The Bertz CT molecular complexity index is 1330. The molecule has 0 aliphatic heterocycles. The van der Waals surface area contributed by atoms with Crippen molar-refractivity contribution in [3.63, 3.8) is 0 Å². The Morgan fingerprint density at radius 2 is 1.62 bits per heavy atom. The fourth-order valence-electron chi connectivity index (χ4n) is 4.14. The molecular weight excluding hydrogens is 356 g/mol. The monoisotopic (exact) mass is 376 g/mol. The second-order valence-corrected chi connectivity index (χ2v) is 7.80. The van der Waals surface area contributed by atoms with Gasteiger partial charge in [0.2, 0.25) is 0 Å². The molecule has 3 aromatic heterocycles. The fraction of sp³-hybridized carbons (Fsp3) is 0.160. The predicted molar refractivity (Wildman–Crippen MR) is 116 cm³/mol.